The number of aromatic nitrogens is 2. The van der Waals surface area contributed by atoms with Gasteiger partial charge in [0.2, 0.25) is 0 Å². The van der Waals surface area contributed by atoms with E-state index in [1.165, 1.54) is 12.1 Å². The van der Waals surface area contributed by atoms with Crippen LogP contribution in [-0.4, -0.2) is 36.9 Å². The third kappa shape index (κ3) is 4.29. The highest BCUT2D eigenvalue weighted by molar-refractivity contribution is 7.90. The molecule has 2 aromatic carbocycles. The molecule has 29 heavy (non-hydrogen) atoms. The number of rotatable bonds is 4. The molecule has 1 aliphatic heterocycles. The Bertz CT molecular complexity index is 1170. The Balaban J connectivity index is 1.47. The van der Waals surface area contributed by atoms with E-state index in [4.69, 9.17) is 0 Å². The largest absolute Gasteiger partial charge is 0.321 e. The maximum Gasteiger partial charge on any atom is 0.276 e. The summed E-state index contributed by atoms with van der Waals surface area (Å²) in [6, 6.07) is 13.4. The van der Waals surface area contributed by atoms with Crippen LogP contribution in [-0.2, 0) is 10.0 Å². The summed E-state index contributed by atoms with van der Waals surface area (Å²) in [4.78, 5) is 16.9. The van der Waals surface area contributed by atoms with Gasteiger partial charge in [-0.2, -0.15) is 5.10 Å². The number of benzene rings is 2. The lowest BCUT2D eigenvalue weighted by molar-refractivity contribution is 0.102. The van der Waals surface area contributed by atoms with Gasteiger partial charge in [-0.1, -0.05) is 24.6 Å². The number of amides is 1. The van der Waals surface area contributed by atoms with Crippen molar-refractivity contribution in [1.82, 2.24) is 14.9 Å². The molecule has 9 heteroatoms. The maximum atomic E-state index is 12.6. The number of carbonyl (C=O) groups excluding carboxylic acids is 1. The molecule has 0 radical (unpaired) electrons. The molecule has 3 aromatic rings. The lowest BCUT2D eigenvalue weighted by Gasteiger charge is -2.10. The van der Waals surface area contributed by atoms with Gasteiger partial charge in [0, 0.05) is 24.0 Å². The Morgan fingerprint density at radius 1 is 1.00 bits per heavy atom. The molecular weight excluding hydrogens is 390 g/mol. The Morgan fingerprint density at radius 2 is 1.79 bits per heavy atom. The van der Waals surface area contributed by atoms with Crippen molar-refractivity contribution in [3.05, 3.63) is 54.2 Å². The molecule has 0 saturated carbocycles. The smallest absolute Gasteiger partial charge is 0.276 e. The molecule has 3 N–H and O–H groups in total. The summed E-state index contributed by atoms with van der Waals surface area (Å²) < 4.78 is 27.7. The molecule has 0 aliphatic carbocycles. The van der Waals surface area contributed by atoms with Crippen molar-refractivity contribution in [2.45, 2.75) is 30.6 Å². The van der Waals surface area contributed by atoms with Crippen LogP contribution < -0.4 is 10.0 Å². The zero-order valence-electron chi connectivity index (χ0n) is 15.7. The number of hydrogen-bond donors (Lipinski definition) is 3. The number of anilines is 1. The first kappa shape index (κ1) is 19.1. The topological polar surface area (TPSA) is 116 Å². The predicted octanol–water partition coefficient (Wildman–Crippen LogP) is 3.07. The van der Waals surface area contributed by atoms with Crippen LogP contribution >= 0.6 is 0 Å². The number of fused-ring (bicyclic) bond motifs is 1. The van der Waals surface area contributed by atoms with Crippen molar-refractivity contribution in [2.24, 2.45) is 4.99 Å². The number of carbonyl (C=O) groups is 1. The lowest BCUT2D eigenvalue weighted by atomic mass is 10.2. The first-order valence-corrected chi connectivity index (χ1v) is 10.9. The van der Waals surface area contributed by atoms with Crippen molar-refractivity contribution in [3.63, 3.8) is 0 Å². The summed E-state index contributed by atoms with van der Waals surface area (Å²) in [5, 5.41) is 10.3. The van der Waals surface area contributed by atoms with E-state index in [-0.39, 0.29) is 16.5 Å². The standard InChI is InChI=1S/C20H21N5O3S/c26-20(19-16-6-3-4-7-17(16)23-24-19)22-14-9-11-15(12-10-14)29(27,28)25-18-8-2-1-5-13-21-18/h3-4,6-7,9-12H,1-2,5,8,13H2,(H,21,25)(H,22,26)(H,23,24). The first-order chi connectivity index (χ1) is 14.0. The summed E-state index contributed by atoms with van der Waals surface area (Å²) in [5.41, 5.74) is 1.53. The van der Waals surface area contributed by atoms with E-state index >= 15 is 0 Å². The number of nitrogens with one attached hydrogen (secondary N) is 3. The molecule has 1 aromatic heterocycles. The van der Waals surface area contributed by atoms with Gasteiger partial charge >= 0.3 is 0 Å². The van der Waals surface area contributed by atoms with Crippen LogP contribution in [0, 0.1) is 0 Å². The van der Waals surface area contributed by atoms with Crippen molar-refractivity contribution in [3.8, 4) is 0 Å². The Morgan fingerprint density at radius 3 is 2.62 bits per heavy atom. The van der Waals surface area contributed by atoms with Crippen LogP contribution in [0.2, 0.25) is 0 Å². The molecule has 2 heterocycles. The minimum Gasteiger partial charge on any atom is -0.321 e. The average Bonchev–Trinajstić information content (AvgIpc) is 2.99. The second-order valence-electron chi connectivity index (χ2n) is 6.84. The number of aliphatic imine (C=N–C) groups is 1. The molecular formula is C20H21N5O3S. The summed E-state index contributed by atoms with van der Waals surface area (Å²) in [6.07, 6.45) is 3.58. The molecule has 0 unspecified atom stereocenters. The number of aromatic amines is 1. The normalized spacial score (nSPS) is 14.8. The van der Waals surface area contributed by atoms with E-state index in [1.807, 2.05) is 24.3 Å². The van der Waals surface area contributed by atoms with Crippen molar-refractivity contribution in [2.75, 3.05) is 11.9 Å². The van der Waals surface area contributed by atoms with Crippen molar-refractivity contribution >= 4 is 38.4 Å². The zero-order chi connectivity index (χ0) is 20.3. The van der Waals surface area contributed by atoms with Gasteiger partial charge in [-0.05, 0) is 43.2 Å². The molecule has 0 atom stereocenters. The van der Waals surface area contributed by atoms with Gasteiger partial charge < -0.3 is 5.32 Å². The summed E-state index contributed by atoms with van der Waals surface area (Å²) in [7, 11) is -3.70. The Kier molecular flexibility index (Phi) is 5.30. The number of sulfonamides is 1. The van der Waals surface area contributed by atoms with Crippen LogP contribution in [0.1, 0.15) is 36.2 Å². The summed E-state index contributed by atoms with van der Waals surface area (Å²) >= 11 is 0. The number of amidine groups is 1. The molecule has 0 saturated heterocycles. The van der Waals surface area contributed by atoms with Gasteiger partial charge in [0.05, 0.1) is 10.4 Å². The average molecular weight is 411 g/mol. The molecule has 0 fully saturated rings. The minimum atomic E-state index is -3.70. The highest BCUT2D eigenvalue weighted by Gasteiger charge is 2.18. The second kappa shape index (κ2) is 8.04. The predicted molar refractivity (Wildman–Crippen MR) is 112 cm³/mol. The van der Waals surface area contributed by atoms with Crippen molar-refractivity contribution in [1.29, 1.82) is 0 Å². The van der Waals surface area contributed by atoms with Crippen LogP contribution in [0.4, 0.5) is 5.69 Å². The van der Waals surface area contributed by atoms with Gasteiger partial charge in [0.15, 0.2) is 5.69 Å². The number of hydrogen-bond acceptors (Lipinski definition) is 5. The van der Waals surface area contributed by atoms with E-state index < -0.39 is 10.0 Å². The summed E-state index contributed by atoms with van der Waals surface area (Å²) in [5.74, 6) is 0.134. The van der Waals surface area contributed by atoms with Crippen LogP contribution in [0.25, 0.3) is 10.9 Å². The van der Waals surface area contributed by atoms with E-state index in [1.54, 1.807) is 12.1 Å². The molecule has 0 spiro atoms. The highest BCUT2D eigenvalue weighted by Crippen LogP contribution is 2.19. The lowest BCUT2D eigenvalue weighted by Crippen LogP contribution is -2.30. The Hall–Kier alpha value is -3.20. The molecule has 0 bridgehead atoms. The minimum absolute atomic E-state index is 0.118. The summed E-state index contributed by atoms with van der Waals surface area (Å²) in [6.45, 7) is 0.644. The fourth-order valence-electron chi connectivity index (χ4n) is 3.22. The van der Waals surface area contributed by atoms with Gasteiger partial charge in [-0.15, -0.1) is 0 Å². The second-order valence-corrected chi connectivity index (χ2v) is 8.52. The van der Waals surface area contributed by atoms with E-state index in [0.717, 1.165) is 30.2 Å². The maximum absolute atomic E-state index is 12.6. The van der Waals surface area contributed by atoms with Gasteiger partial charge in [-0.3, -0.25) is 19.6 Å². The molecule has 150 valence electrons. The fourth-order valence-corrected chi connectivity index (χ4v) is 4.30. The monoisotopic (exact) mass is 411 g/mol. The van der Waals surface area contributed by atoms with Crippen LogP contribution in [0.5, 0.6) is 0 Å². The molecule has 8 nitrogen and oxygen atoms in total. The first-order valence-electron chi connectivity index (χ1n) is 9.44. The Labute approximate surface area is 168 Å². The third-order valence-corrected chi connectivity index (χ3v) is 6.13. The third-order valence-electron chi connectivity index (χ3n) is 4.73. The number of H-pyrrole nitrogens is 1. The molecule has 4 rings (SSSR count). The quantitative estimate of drug-likeness (QED) is 0.612. The van der Waals surface area contributed by atoms with Crippen LogP contribution in [0.15, 0.2) is 58.4 Å². The zero-order valence-corrected chi connectivity index (χ0v) is 16.5. The van der Waals surface area contributed by atoms with Gasteiger partial charge in [0.25, 0.3) is 15.9 Å². The van der Waals surface area contributed by atoms with E-state index in [9.17, 15) is 13.2 Å². The van der Waals surface area contributed by atoms with Crippen molar-refractivity contribution < 1.29 is 13.2 Å². The van der Waals surface area contributed by atoms with Crippen LogP contribution in [0.3, 0.4) is 0 Å². The number of para-hydroxylation sites is 1. The number of nitrogens with zero attached hydrogens (tertiary/aromatic N) is 2. The highest BCUT2D eigenvalue weighted by atomic mass is 32.2. The van der Waals surface area contributed by atoms with Gasteiger partial charge in [0.1, 0.15) is 5.84 Å². The molecule has 1 amide bonds. The fraction of sp³-hybridized carbons (Fsp3) is 0.250. The van der Waals surface area contributed by atoms with E-state index in [2.05, 4.69) is 25.2 Å². The molecule has 1 aliphatic rings. The van der Waals surface area contributed by atoms with Gasteiger partial charge in [-0.25, -0.2) is 8.42 Å². The SMILES string of the molecule is O=C(Nc1ccc(S(=O)(=O)NC2=NCCCCC2)cc1)c1n[nH]c2ccccc12. The van der Waals surface area contributed by atoms with E-state index in [0.29, 0.717) is 24.5 Å².